The summed E-state index contributed by atoms with van der Waals surface area (Å²) in [6.45, 7) is 16.0. The van der Waals surface area contributed by atoms with Crippen molar-refractivity contribution < 1.29 is 0 Å². The second-order valence-electron chi connectivity index (χ2n) is 4.73. The number of hydrogen-bond donors (Lipinski definition) is 0. The predicted octanol–water partition coefficient (Wildman–Crippen LogP) is 3.74. The molecule has 4 unspecified atom stereocenters. The normalized spacial score (nSPS) is 49.4. The third-order valence-corrected chi connectivity index (χ3v) is 4.41. The fourth-order valence-corrected chi connectivity index (χ4v) is 2.48. The lowest BCUT2D eigenvalue weighted by Gasteiger charge is -2.43. The second-order valence-corrected chi connectivity index (χ2v) is 4.73. The minimum atomic E-state index is 0.714. The van der Waals surface area contributed by atoms with Crippen LogP contribution in [-0.4, -0.2) is 0 Å². The molecule has 4 atom stereocenters. The van der Waals surface area contributed by atoms with Gasteiger partial charge in [0.2, 0.25) is 0 Å². The Hall–Kier alpha value is -0.260. The Morgan fingerprint density at radius 1 is 0.750 bits per heavy atom. The van der Waals surface area contributed by atoms with Crippen LogP contribution in [0.3, 0.4) is 0 Å². The Morgan fingerprint density at radius 2 is 1.08 bits per heavy atom. The molecule has 0 aromatic heterocycles. The SMILES string of the molecule is C=C1C(C)C(C)C(C)C(C)C1C. The van der Waals surface area contributed by atoms with Crippen LogP contribution in [0.4, 0.5) is 0 Å². The van der Waals surface area contributed by atoms with E-state index in [0.29, 0.717) is 11.8 Å². The number of rotatable bonds is 0. The first-order valence-corrected chi connectivity index (χ1v) is 5.15. The molecular weight excluding hydrogens is 144 g/mol. The van der Waals surface area contributed by atoms with E-state index in [1.807, 2.05) is 0 Å². The van der Waals surface area contributed by atoms with Crippen molar-refractivity contribution in [3.05, 3.63) is 12.2 Å². The van der Waals surface area contributed by atoms with Crippen LogP contribution >= 0.6 is 0 Å². The van der Waals surface area contributed by atoms with Gasteiger partial charge in [-0.25, -0.2) is 0 Å². The van der Waals surface area contributed by atoms with E-state index in [2.05, 4.69) is 41.2 Å². The largest absolute Gasteiger partial charge is 0.0993 e. The molecule has 0 spiro atoms. The van der Waals surface area contributed by atoms with Crippen molar-refractivity contribution in [3.63, 3.8) is 0 Å². The van der Waals surface area contributed by atoms with E-state index in [-0.39, 0.29) is 0 Å². The van der Waals surface area contributed by atoms with Crippen LogP contribution in [0.2, 0.25) is 0 Å². The Labute approximate surface area is 77.1 Å². The number of hydrogen-bond acceptors (Lipinski definition) is 0. The van der Waals surface area contributed by atoms with E-state index in [1.165, 1.54) is 5.57 Å². The number of allylic oxidation sites excluding steroid dienone is 1. The smallest absolute Gasteiger partial charge is 0.0203 e. The second kappa shape index (κ2) is 3.24. The average Bonchev–Trinajstić information content (AvgIpc) is 2.08. The molecular formula is C12H22. The van der Waals surface area contributed by atoms with Gasteiger partial charge in [0.15, 0.2) is 0 Å². The summed E-state index contributed by atoms with van der Waals surface area (Å²) in [6.07, 6.45) is 0. The van der Waals surface area contributed by atoms with Crippen molar-refractivity contribution in [1.82, 2.24) is 0 Å². The maximum absolute atomic E-state index is 4.21. The molecule has 0 heterocycles. The fraction of sp³-hybridized carbons (Fsp3) is 0.833. The summed E-state index contributed by atoms with van der Waals surface area (Å²) in [5.74, 6) is 3.89. The highest BCUT2D eigenvalue weighted by Gasteiger charge is 2.35. The van der Waals surface area contributed by atoms with Crippen LogP contribution in [-0.2, 0) is 0 Å². The van der Waals surface area contributed by atoms with Crippen LogP contribution in [0.15, 0.2) is 12.2 Å². The zero-order valence-electron chi connectivity index (χ0n) is 9.09. The predicted molar refractivity (Wildman–Crippen MR) is 55.0 cm³/mol. The lowest BCUT2D eigenvalue weighted by atomic mass is 9.63. The van der Waals surface area contributed by atoms with Crippen LogP contribution in [0.1, 0.15) is 34.6 Å². The van der Waals surface area contributed by atoms with Gasteiger partial charge in [-0.15, -0.1) is 0 Å². The topological polar surface area (TPSA) is 0 Å². The Balaban J connectivity index is 2.83. The van der Waals surface area contributed by atoms with Crippen molar-refractivity contribution in [1.29, 1.82) is 0 Å². The van der Waals surface area contributed by atoms with E-state index in [0.717, 1.165) is 17.8 Å². The molecule has 1 rings (SSSR count). The van der Waals surface area contributed by atoms with Crippen molar-refractivity contribution in [2.75, 3.05) is 0 Å². The van der Waals surface area contributed by atoms with Gasteiger partial charge in [0, 0.05) is 0 Å². The summed E-state index contributed by atoms with van der Waals surface area (Å²) in [7, 11) is 0. The maximum Gasteiger partial charge on any atom is -0.0203 e. The molecule has 0 radical (unpaired) electrons. The van der Waals surface area contributed by atoms with Crippen molar-refractivity contribution in [3.8, 4) is 0 Å². The Morgan fingerprint density at radius 3 is 1.42 bits per heavy atom. The lowest BCUT2D eigenvalue weighted by molar-refractivity contribution is 0.141. The van der Waals surface area contributed by atoms with Crippen molar-refractivity contribution in [2.24, 2.45) is 29.6 Å². The summed E-state index contributed by atoms with van der Waals surface area (Å²) in [5.41, 5.74) is 1.47. The van der Waals surface area contributed by atoms with Crippen LogP contribution in [0, 0.1) is 29.6 Å². The Kier molecular flexibility index (Phi) is 2.65. The summed E-state index contributed by atoms with van der Waals surface area (Å²) >= 11 is 0. The van der Waals surface area contributed by atoms with Crippen LogP contribution in [0.25, 0.3) is 0 Å². The molecule has 0 aromatic carbocycles. The molecule has 0 N–H and O–H groups in total. The highest BCUT2D eigenvalue weighted by molar-refractivity contribution is 5.11. The molecule has 1 fully saturated rings. The van der Waals surface area contributed by atoms with Gasteiger partial charge in [-0.05, 0) is 29.6 Å². The highest BCUT2D eigenvalue weighted by Crippen LogP contribution is 2.43. The lowest BCUT2D eigenvalue weighted by Crippen LogP contribution is -2.35. The first-order valence-electron chi connectivity index (χ1n) is 5.15. The summed E-state index contributed by atoms with van der Waals surface area (Å²) in [5, 5.41) is 0. The van der Waals surface area contributed by atoms with Crippen molar-refractivity contribution in [2.45, 2.75) is 34.6 Å². The monoisotopic (exact) mass is 166 g/mol. The van der Waals surface area contributed by atoms with Gasteiger partial charge in [-0.1, -0.05) is 46.8 Å². The van der Waals surface area contributed by atoms with Gasteiger partial charge >= 0.3 is 0 Å². The molecule has 0 saturated heterocycles. The van der Waals surface area contributed by atoms with E-state index in [1.54, 1.807) is 0 Å². The molecule has 0 amide bonds. The first-order chi connectivity index (χ1) is 5.46. The quantitative estimate of drug-likeness (QED) is 0.481. The van der Waals surface area contributed by atoms with E-state index in [9.17, 15) is 0 Å². The molecule has 1 aliphatic carbocycles. The molecule has 0 heteroatoms. The summed E-state index contributed by atoms with van der Waals surface area (Å²) in [4.78, 5) is 0. The molecule has 0 nitrogen and oxygen atoms in total. The first kappa shape index (κ1) is 9.83. The van der Waals surface area contributed by atoms with Gasteiger partial charge in [-0.3, -0.25) is 0 Å². The minimum Gasteiger partial charge on any atom is -0.0993 e. The van der Waals surface area contributed by atoms with E-state index < -0.39 is 0 Å². The van der Waals surface area contributed by atoms with Gasteiger partial charge in [0.25, 0.3) is 0 Å². The Bertz CT molecular complexity index is 162. The fourth-order valence-electron chi connectivity index (χ4n) is 2.48. The maximum atomic E-state index is 4.21. The van der Waals surface area contributed by atoms with Crippen LogP contribution < -0.4 is 0 Å². The third kappa shape index (κ3) is 1.32. The average molecular weight is 166 g/mol. The molecule has 70 valence electrons. The van der Waals surface area contributed by atoms with E-state index >= 15 is 0 Å². The molecule has 12 heavy (non-hydrogen) atoms. The van der Waals surface area contributed by atoms with E-state index in [4.69, 9.17) is 0 Å². The zero-order valence-corrected chi connectivity index (χ0v) is 9.09. The molecule has 0 aromatic rings. The summed E-state index contributed by atoms with van der Waals surface area (Å²) < 4.78 is 0. The highest BCUT2D eigenvalue weighted by atomic mass is 14.4. The summed E-state index contributed by atoms with van der Waals surface area (Å²) in [6, 6.07) is 0. The standard InChI is InChI=1S/C12H22/c1-7-8(2)10(4)12(6)11(5)9(7)3/h8-12H,1H2,2-6H3. The van der Waals surface area contributed by atoms with Crippen LogP contribution in [0.5, 0.6) is 0 Å². The molecule has 1 saturated carbocycles. The van der Waals surface area contributed by atoms with Gasteiger partial charge in [0.1, 0.15) is 0 Å². The molecule has 1 aliphatic rings. The molecule has 0 bridgehead atoms. The van der Waals surface area contributed by atoms with Gasteiger partial charge in [-0.2, -0.15) is 0 Å². The zero-order chi connectivity index (χ0) is 9.46. The minimum absolute atomic E-state index is 0.714. The van der Waals surface area contributed by atoms with Gasteiger partial charge < -0.3 is 0 Å². The van der Waals surface area contributed by atoms with Crippen molar-refractivity contribution >= 4 is 0 Å². The third-order valence-electron chi connectivity index (χ3n) is 4.41. The molecule has 0 aliphatic heterocycles. The van der Waals surface area contributed by atoms with Gasteiger partial charge in [0.05, 0.1) is 0 Å².